The first kappa shape index (κ1) is 15.4. The number of alkyl halides is 1. The molecule has 3 rings (SSSR count). The van der Waals surface area contributed by atoms with Gasteiger partial charge in [0.15, 0.2) is 5.78 Å². The third-order valence-corrected chi connectivity index (χ3v) is 4.14. The second-order valence-corrected chi connectivity index (χ2v) is 5.67. The molecule has 0 spiro atoms. The van der Waals surface area contributed by atoms with Gasteiger partial charge in [-0.3, -0.25) is 9.59 Å². The maximum absolute atomic E-state index is 12.7. The van der Waals surface area contributed by atoms with Gasteiger partial charge in [0, 0.05) is 34.8 Å². The molecular weight excluding hydrogens is 318 g/mol. The number of benzene rings is 2. The molecule has 0 aromatic heterocycles. The molecule has 23 heavy (non-hydrogen) atoms. The molecule has 0 unspecified atom stereocenters. The first-order valence-corrected chi connectivity index (χ1v) is 7.58. The standard InChI is InChI=1S/C17H14ClNO4/c1-8-11(19-6-5-18)7-10-14(15(8)21)17(23)13-9(16(10)22)3-2-4-12(13)20/h2-4,7,19-21H,5-6H2,1H3. The number of phenols is 2. The van der Waals surface area contributed by atoms with Crippen LogP contribution in [0.1, 0.15) is 37.4 Å². The molecule has 0 heterocycles. The van der Waals surface area contributed by atoms with Crippen molar-refractivity contribution >= 4 is 28.9 Å². The van der Waals surface area contributed by atoms with E-state index in [2.05, 4.69) is 5.32 Å². The van der Waals surface area contributed by atoms with E-state index in [4.69, 9.17) is 11.6 Å². The highest BCUT2D eigenvalue weighted by atomic mass is 35.5. The Morgan fingerprint density at radius 3 is 2.52 bits per heavy atom. The van der Waals surface area contributed by atoms with Crippen LogP contribution in [0.3, 0.4) is 0 Å². The molecule has 0 atom stereocenters. The van der Waals surface area contributed by atoms with E-state index in [0.717, 1.165) is 0 Å². The van der Waals surface area contributed by atoms with Crippen molar-refractivity contribution in [2.75, 3.05) is 17.7 Å². The predicted octanol–water partition coefficient (Wildman–Crippen LogP) is 2.83. The summed E-state index contributed by atoms with van der Waals surface area (Å²) in [5.74, 6) is -1.13. The van der Waals surface area contributed by atoms with Crippen LogP contribution in [0.25, 0.3) is 0 Å². The number of hydrogen-bond acceptors (Lipinski definition) is 5. The number of aromatic hydroxyl groups is 2. The van der Waals surface area contributed by atoms with Gasteiger partial charge in [0.1, 0.15) is 11.5 Å². The third kappa shape index (κ3) is 2.24. The fraction of sp³-hybridized carbons (Fsp3) is 0.176. The summed E-state index contributed by atoms with van der Waals surface area (Å²) in [6.07, 6.45) is 0. The van der Waals surface area contributed by atoms with Crippen LogP contribution in [0.4, 0.5) is 5.69 Å². The number of hydrogen-bond donors (Lipinski definition) is 3. The highest BCUT2D eigenvalue weighted by Crippen LogP contribution is 2.40. The minimum Gasteiger partial charge on any atom is -0.507 e. The lowest BCUT2D eigenvalue weighted by Gasteiger charge is -2.22. The SMILES string of the molecule is Cc1c(NCCCl)cc2c(c1O)C(=O)c1c(O)cccc1C2=O. The number of rotatable bonds is 3. The molecule has 0 bridgehead atoms. The van der Waals surface area contributed by atoms with E-state index in [1.54, 1.807) is 13.0 Å². The third-order valence-electron chi connectivity index (χ3n) is 3.95. The van der Waals surface area contributed by atoms with Gasteiger partial charge < -0.3 is 15.5 Å². The van der Waals surface area contributed by atoms with E-state index in [-0.39, 0.29) is 33.8 Å². The number of ketones is 2. The number of anilines is 1. The van der Waals surface area contributed by atoms with Crippen molar-refractivity contribution in [1.82, 2.24) is 0 Å². The smallest absolute Gasteiger partial charge is 0.201 e. The van der Waals surface area contributed by atoms with Gasteiger partial charge in [-0.05, 0) is 19.1 Å². The van der Waals surface area contributed by atoms with Crippen LogP contribution in [0, 0.1) is 6.92 Å². The van der Waals surface area contributed by atoms with Crippen LogP contribution in [0.5, 0.6) is 11.5 Å². The second-order valence-electron chi connectivity index (χ2n) is 5.29. The molecule has 3 N–H and O–H groups in total. The molecule has 0 amide bonds. The lowest BCUT2D eigenvalue weighted by atomic mass is 9.82. The predicted molar refractivity (Wildman–Crippen MR) is 87.0 cm³/mol. The maximum Gasteiger partial charge on any atom is 0.201 e. The molecule has 0 fully saturated rings. The molecule has 0 saturated heterocycles. The Kier molecular flexibility index (Phi) is 3.74. The number of nitrogens with one attached hydrogen (secondary N) is 1. The molecule has 2 aromatic rings. The van der Waals surface area contributed by atoms with E-state index in [1.807, 2.05) is 0 Å². The number of fused-ring (bicyclic) bond motifs is 2. The normalized spacial score (nSPS) is 12.8. The van der Waals surface area contributed by atoms with Crippen molar-refractivity contribution in [3.8, 4) is 11.5 Å². The first-order valence-electron chi connectivity index (χ1n) is 7.05. The quantitative estimate of drug-likeness (QED) is 0.642. The van der Waals surface area contributed by atoms with Crippen molar-refractivity contribution in [3.05, 3.63) is 52.1 Å². The number of carbonyl (C=O) groups is 2. The van der Waals surface area contributed by atoms with Crippen LogP contribution in [-0.4, -0.2) is 34.2 Å². The second kappa shape index (κ2) is 5.59. The molecule has 2 aromatic carbocycles. The number of halogens is 1. The van der Waals surface area contributed by atoms with E-state index in [9.17, 15) is 19.8 Å². The zero-order valence-corrected chi connectivity index (χ0v) is 13.1. The van der Waals surface area contributed by atoms with Crippen LogP contribution in [0.15, 0.2) is 24.3 Å². The number of carbonyl (C=O) groups excluding carboxylic acids is 2. The first-order chi connectivity index (χ1) is 11.0. The molecular formula is C17H14ClNO4. The summed E-state index contributed by atoms with van der Waals surface area (Å²) in [5, 5.41) is 23.3. The lowest BCUT2D eigenvalue weighted by molar-refractivity contribution is 0.0974. The van der Waals surface area contributed by atoms with E-state index < -0.39 is 11.6 Å². The van der Waals surface area contributed by atoms with Crippen molar-refractivity contribution in [1.29, 1.82) is 0 Å². The number of phenolic OH excluding ortho intramolecular Hbond substituents is 2. The molecule has 6 heteroatoms. The minimum absolute atomic E-state index is 0.0684. The maximum atomic E-state index is 12.7. The molecule has 1 aliphatic rings. The van der Waals surface area contributed by atoms with Gasteiger partial charge in [0.25, 0.3) is 0 Å². The Labute approximate surface area is 137 Å². The van der Waals surface area contributed by atoms with Gasteiger partial charge in [-0.2, -0.15) is 0 Å². The van der Waals surface area contributed by atoms with Crippen molar-refractivity contribution < 1.29 is 19.8 Å². The molecule has 0 radical (unpaired) electrons. The topological polar surface area (TPSA) is 86.6 Å². The Balaban J connectivity index is 2.25. The van der Waals surface area contributed by atoms with Gasteiger partial charge in [0.2, 0.25) is 5.78 Å². The van der Waals surface area contributed by atoms with Crippen LogP contribution in [0.2, 0.25) is 0 Å². The Morgan fingerprint density at radius 1 is 1.09 bits per heavy atom. The van der Waals surface area contributed by atoms with E-state index in [0.29, 0.717) is 23.7 Å². The van der Waals surface area contributed by atoms with Crippen LogP contribution < -0.4 is 5.32 Å². The Morgan fingerprint density at radius 2 is 1.83 bits per heavy atom. The molecule has 1 aliphatic carbocycles. The van der Waals surface area contributed by atoms with Crippen molar-refractivity contribution in [2.24, 2.45) is 0 Å². The van der Waals surface area contributed by atoms with E-state index in [1.165, 1.54) is 18.2 Å². The zero-order chi connectivity index (χ0) is 16.7. The van der Waals surface area contributed by atoms with E-state index >= 15 is 0 Å². The van der Waals surface area contributed by atoms with Crippen LogP contribution in [-0.2, 0) is 0 Å². The average molecular weight is 332 g/mol. The summed E-state index contributed by atoms with van der Waals surface area (Å²) >= 11 is 5.65. The van der Waals surface area contributed by atoms with Crippen molar-refractivity contribution in [2.45, 2.75) is 6.92 Å². The van der Waals surface area contributed by atoms with Gasteiger partial charge in [-0.25, -0.2) is 0 Å². The molecule has 0 saturated carbocycles. The summed E-state index contributed by atoms with van der Waals surface area (Å²) in [5.41, 5.74) is 1.11. The summed E-state index contributed by atoms with van der Waals surface area (Å²) < 4.78 is 0. The zero-order valence-electron chi connectivity index (χ0n) is 12.3. The van der Waals surface area contributed by atoms with Gasteiger partial charge in [0.05, 0.1) is 11.1 Å². The Hall–Kier alpha value is -2.53. The fourth-order valence-corrected chi connectivity index (χ4v) is 2.87. The van der Waals surface area contributed by atoms with Gasteiger partial charge in [-0.1, -0.05) is 12.1 Å². The largest absolute Gasteiger partial charge is 0.507 e. The van der Waals surface area contributed by atoms with Gasteiger partial charge >= 0.3 is 0 Å². The van der Waals surface area contributed by atoms with Crippen molar-refractivity contribution in [3.63, 3.8) is 0 Å². The van der Waals surface area contributed by atoms with Crippen LogP contribution >= 0.6 is 11.6 Å². The minimum atomic E-state index is -0.558. The molecule has 5 nitrogen and oxygen atoms in total. The summed E-state index contributed by atoms with van der Waals surface area (Å²) in [4.78, 5) is 25.3. The Bertz CT molecular complexity index is 845. The molecule has 118 valence electrons. The summed E-state index contributed by atoms with van der Waals surface area (Å²) in [6.45, 7) is 2.10. The highest BCUT2D eigenvalue weighted by Gasteiger charge is 2.35. The highest BCUT2D eigenvalue weighted by molar-refractivity contribution is 6.30. The molecule has 0 aliphatic heterocycles. The fourth-order valence-electron chi connectivity index (χ4n) is 2.78. The lowest BCUT2D eigenvalue weighted by Crippen LogP contribution is -2.22. The average Bonchev–Trinajstić information content (AvgIpc) is 2.53. The van der Waals surface area contributed by atoms with Gasteiger partial charge in [-0.15, -0.1) is 11.6 Å². The summed E-state index contributed by atoms with van der Waals surface area (Å²) in [6, 6.07) is 5.88. The summed E-state index contributed by atoms with van der Waals surface area (Å²) in [7, 11) is 0. The monoisotopic (exact) mass is 331 g/mol.